The summed E-state index contributed by atoms with van der Waals surface area (Å²) in [5.74, 6) is -0.741. The fourth-order valence-electron chi connectivity index (χ4n) is 4.73. The molecule has 9 nitrogen and oxygen atoms in total. The number of aliphatic carboxylic acids is 1. The molecule has 10 heteroatoms. The number of likely N-dealkylation sites (N-methyl/N-ethyl adjacent to an activating group) is 1. The predicted molar refractivity (Wildman–Crippen MR) is 173 cm³/mol. The summed E-state index contributed by atoms with van der Waals surface area (Å²) >= 11 is 0. The Balaban J connectivity index is 4.11. The zero-order chi connectivity index (χ0) is 32.1. The van der Waals surface area contributed by atoms with Crippen LogP contribution >= 0.6 is 7.82 Å². The molecule has 0 fully saturated rings. The second kappa shape index (κ2) is 28.9. The van der Waals surface area contributed by atoms with E-state index < -0.39 is 19.9 Å². The number of phosphoric ester groups is 1. The van der Waals surface area contributed by atoms with Crippen LogP contribution in [0.1, 0.15) is 142 Å². The van der Waals surface area contributed by atoms with E-state index in [1.807, 2.05) is 21.1 Å². The number of quaternary nitrogens is 1. The molecule has 0 aliphatic rings. The number of carboxylic acid groups (broad SMARTS) is 1. The number of hydrogen-bond acceptors (Lipinski definition) is 7. The van der Waals surface area contributed by atoms with Crippen molar-refractivity contribution in [3.05, 3.63) is 0 Å². The van der Waals surface area contributed by atoms with E-state index >= 15 is 0 Å². The highest BCUT2D eigenvalue weighted by molar-refractivity contribution is 7.45. The van der Waals surface area contributed by atoms with Crippen molar-refractivity contribution in [3.63, 3.8) is 0 Å². The van der Waals surface area contributed by atoms with Crippen LogP contribution in [-0.2, 0) is 27.9 Å². The first-order valence-electron chi connectivity index (χ1n) is 17.4. The molecule has 2 atom stereocenters. The van der Waals surface area contributed by atoms with Crippen molar-refractivity contribution in [1.29, 1.82) is 0 Å². The molecule has 0 aromatic carbocycles. The van der Waals surface area contributed by atoms with E-state index in [1.165, 1.54) is 77.0 Å². The summed E-state index contributed by atoms with van der Waals surface area (Å²) in [6, 6.07) is 0. The van der Waals surface area contributed by atoms with E-state index in [-0.39, 0.29) is 26.2 Å². The average Bonchev–Trinajstić information content (AvgIpc) is 2.93. The minimum absolute atomic E-state index is 0.0674. The van der Waals surface area contributed by atoms with Crippen LogP contribution in [0.15, 0.2) is 0 Å². The van der Waals surface area contributed by atoms with Gasteiger partial charge in [0.15, 0.2) is 0 Å². The van der Waals surface area contributed by atoms with Crippen molar-refractivity contribution >= 4 is 13.8 Å². The Morgan fingerprint density at radius 1 is 0.674 bits per heavy atom. The highest BCUT2D eigenvalue weighted by Crippen LogP contribution is 2.38. The lowest BCUT2D eigenvalue weighted by Gasteiger charge is -2.28. The second-order valence-corrected chi connectivity index (χ2v) is 14.4. The van der Waals surface area contributed by atoms with Crippen LogP contribution in [0.3, 0.4) is 0 Å². The summed E-state index contributed by atoms with van der Waals surface area (Å²) in [6.45, 7) is 4.17. The predicted octanol–water partition coefficient (Wildman–Crippen LogP) is 7.89. The third-order valence-electron chi connectivity index (χ3n) is 7.51. The summed E-state index contributed by atoms with van der Waals surface area (Å²) in [5.41, 5.74) is 0. The molecule has 0 rings (SSSR count). The molecule has 1 unspecified atom stereocenters. The lowest BCUT2D eigenvalue weighted by atomic mass is 10.0. The van der Waals surface area contributed by atoms with E-state index in [0.29, 0.717) is 30.7 Å². The van der Waals surface area contributed by atoms with Gasteiger partial charge in [0.05, 0.1) is 34.4 Å². The molecule has 258 valence electrons. The number of ether oxygens (including phenoxy) is 2. The Morgan fingerprint density at radius 3 is 1.63 bits per heavy atom. The summed E-state index contributed by atoms with van der Waals surface area (Å²) in [6.07, 6.45) is 23.6. The van der Waals surface area contributed by atoms with Crippen LogP contribution in [0.5, 0.6) is 0 Å². The first-order chi connectivity index (χ1) is 20.6. The molecule has 0 saturated carbocycles. The molecule has 0 heterocycles. The molecule has 0 aliphatic heterocycles. The lowest BCUT2D eigenvalue weighted by Crippen LogP contribution is -2.37. The van der Waals surface area contributed by atoms with Crippen molar-refractivity contribution in [2.45, 2.75) is 148 Å². The summed E-state index contributed by atoms with van der Waals surface area (Å²) in [5, 5.41) is 8.71. The molecule has 43 heavy (non-hydrogen) atoms. The van der Waals surface area contributed by atoms with E-state index in [0.717, 1.165) is 44.9 Å². The Morgan fingerprint density at radius 2 is 1.14 bits per heavy atom. The Kier molecular flexibility index (Phi) is 28.5. The summed E-state index contributed by atoms with van der Waals surface area (Å²) in [4.78, 5) is 22.8. The highest BCUT2D eigenvalue weighted by atomic mass is 31.2. The molecule has 0 spiro atoms. The maximum atomic E-state index is 12.2. The van der Waals surface area contributed by atoms with Crippen molar-refractivity contribution in [3.8, 4) is 0 Å². The summed E-state index contributed by atoms with van der Waals surface area (Å²) in [7, 11) is 1.49. The van der Waals surface area contributed by atoms with Gasteiger partial charge in [-0.3, -0.25) is 9.36 Å². The Hall–Kier alpha value is -0.540. The van der Waals surface area contributed by atoms with Gasteiger partial charge in [-0.25, -0.2) is 0 Å². The molecule has 0 saturated heterocycles. The second-order valence-electron chi connectivity index (χ2n) is 13.0. The quantitative estimate of drug-likeness (QED) is 0.0430. The van der Waals surface area contributed by atoms with Crippen LogP contribution < -0.4 is 4.89 Å². The minimum atomic E-state index is -4.41. The van der Waals surface area contributed by atoms with Crippen molar-refractivity contribution in [1.82, 2.24) is 0 Å². The number of nitrogens with zero attached hydrogens (tertiary/aromatic N) is 1. The maximum absolute atomic E-state index is 12.2. The van der Waals surface area contributed by atoms with E-state index in [1.54, 1.807) is 0 Å². The van der Waals surface area contributed by atoms with E-state index in [9.17, 15) is 14.3 Å². The summed E-state index contributed by atoms with van der Waals surface area (Å²) < 4.78 is 34.8. The molecule has 0 amide bonds. The molecule has 1 N–H and O–H groups in total. The highest BCUT2D eigenvalue weighted by Gasteiger charge is 2.18. The lowest BCUT2D eigenvalue weighted by molar-refractivity contribution is -0.870. The van der Waals surface area contributed by atoms with Crippen LogP contribution in [0.2, 0.25) is 0 Å². The standard InChI is InChI=1S/C33H68NO8P/c1-5-6-7-8-9-10-11-12-13-14-15-17-20-23-27-39-30-32(31-42-43(37,38)41-29-26-34(2,3)4)40-28-24-21-18-16-19-22-25-33(35)36/h32H,5-31H2,1-4H3,(H-,35,36,37,38)/t32-/m1/s1. The molecular formula is C33H68NO8P. The fourth-order valence-corrected chi connectivity index (χ4v) is 5.46. The number of unbranched alkanes of at least 4 members (excludes halogenated alkanes) is 18. The van der Waals surface area contributed by atoms with Crippen molar-refractivity contribution in [2.24, 2.45) is 0 Å². The number of phosphoric acid groups is 1. The Labute approximate surface area is 264 Å². The van der Waals surface area contributed by atoms with E-state index in [4.69, 9.17) is 23.6 Å². The first kappa shape index (κ1) is 42.5. The van der Waals surface area contributed by atoms with Crippen LogP contribution in [0.25, 0.3) is 0 Å². The topological polar surface area (TPSA) is 114 Å². The molecular weight excluding hydrogens is 569 g/mol. The smallest absolute Gasteiger partial charge is 0.303 e. The largest absolute Gasteiger partial charge is 0.756 e. The monoisotopic (exact) mass is 637 g/mol. The van der Waals surface area contributed by atoms with Gasteiger partial charge in [-0.05, 0) is 19.3 Å². The SMILES string of the molecule is CCCCCCCCCCCCCCCCOC[C@H](COP(=O)([O-])OCC[N+](C)(C)C)OCCCCCCCCC(=O)O. The fraction of sp³-hybridized carbons (Fsp3) is 0.970. The van der Waals surface area contributed by atoms with Gasteiger partial charge in [-0.2, -0.15) is 0 Å². The molecule has 0 bridgehead atoms. The van der Waals surface area contributed by atoms with Gasteiger partial charge in [0.2, 0.25) is 0 Å². The molecule has 0 aliphatic carbocycles. The number of hydrogen-bond donors (Lipinski definition) is 1. The maximum Gasteiger partial charge on any atom is 0.303 e. The third kappa shape index (κ3) is 34.2. The van der Waals surface area contributed by atoms with Gasteiger partial charge in [0, 0.05) is 19.6 Å². The van der Waals surface area contributed by atoms with Gasteiger partial charge >= 0.3 is 5.97 Å². The van der Waals surface area contributed by atoms with Gasteiger partial charge in [0.25, 0.3) is 7.82 Å². The van der Waals surface area contributed by atoms with Crippen LogP contribution in [0.4, 0.5) is 0 Å². The zero-order valence-electron chi connectivity index (χ0n) is 28.4. The third-order valence-corrected chi connectivity index (χ3v) is 8.48. The normalized spacial score (nSPS) is 14.2. The first-order valence-corrected chi connectivity index (χ1v) is 18.8. The van der Waals surface area contributed by atoms with Crippen LogP contribution in [0, 0.1) is 0 Å². The van der Waals surface area contributed by atoms with Gasteiger partial charge in [0.1, 0.15) is 19.3 Å². The zero-order valence-corrected chi connectivity index (χ0v) is 29.3. The minimum Gasteiger partial charge on any atom is -0.756 e. The molecule has 0 aromatic heterocycles. The number of rotatable bonds is 34. The Bertz CT molecular complexity index is 674. The number of carbonyl (C=O) groups is 1. The van der Waals surface area contributed by atoms with Gasteiger partial charge in [-0.1, -0.05) is 116 Å². The van der Waals surface area contributed by atoms with Crippen molar-refractivity contribution < 1.29 is 42.4 Å². The molecule has 0 aromatic rings. The van der Waals surface area contributed by atoms with Gasteiger partial charge < -0.3 is 33.0 Å². The van der Waals surface area contributed by atoms with Gasteiger partial charge in [-0.15, -0.1) is 0 Å². The van der Waals surface area contributed by atoms with Crippen molar-refractivity contribution in [2.75, 3.05) is 60.7 Å². The molecule has 0 radical (unpaired) electrons. The average molecular weight is 638 g/mol. The van der Waals surface area contributed by atoms with E-state index in [2.05, 4.69) is 6.92 Å². The van der Waals surface area contributed by atoms with Crippen LogP contribution in [-0.4, -0.2) is 82.4 Å². The number of carboxylic acids is 1.